The molecule has 1 unspecified atom stereocenters. The van der Waals surface area contributed by atoms with Crippen LogP contribution in [0.25, 0.3) is 5.69 Å². The van der Waals surface area contributed by atoms with Gasteiger partial charge in [-0.3, -0.25) is 14.5 Å². The van der Waals surface area contributed by atoms with Crippen LogP contribution in [0.3, 0.4) is 0 Å². The number of carboxylic acids is 2. The second-order valence-corrected chi connectivity index (χ2v) is 13.5. The number of hydrogen-bond donors (Lipinski definition) is 7. The van der Waals surface area contributed by atoms with Crippen molar-refractivity contribution in [3.05, 3.63) is 52.7 Å². The van der Waals surface area contributed by atoms with Gasteiger partial charge in [0.2, 0.25) is 17.2 Å². The van der Waals surface area contributed by atoms with Gasteiger partial charge in [-0.2, -0.15) is 4.57 Å². The van der Waals surface area contributed by atoms with E-state index in [0.29, 0.717) is 16.4 Å². The summed E-state index contributed by atoms with van der Waals surface area (Å²) in [4.78, 5) is 65.2. The molecule has 20 heteroatoms. The lowest BCUT2D eigenvalue weighted by Gasteiger charge is -2.49. The van der Waals surface area contributed by atoms with Crippen LogP contribution in [0.2, 0.25) is 0 Å². The molecule has 0 spiro atoms. The minimum atomic E-state index is -1.79. The van der Waals surface area contributed by atoms with Gasteiger partial charge in [0.25, 0.3) is 11.8 Å². The third kappa shape index (κ3) is 6.74. The fourth-order valence-electron chi connectivity index (χ4n) is 4.43. The van der Waals surface area contributed by atoms with E-state index in [2.05, 4.69) is 20.4 Å². The Bertz CT molecular complexity index is 1840. The average molecular weight is 703 g/mol. The second kappa shape index (κ2) is 13.0. The summed E-state index contributed by atoms with van der Waals surface area (Å²) in [5, 5.41) is 36.6. The molecule has 5 rings (SSSR count). The van der Waals surface area contributed by atoms with E-state index in [1.807, 2.05) is 0 Å². The zero-order valence-corrected chi connectivity index (χ0v) is 27.1. The molecule has 3 aromatic rings. The summed E-state index contributed by atoms with van der Waals surface area (Å²) >= 11 is 3.40. The van der Waals surface area contributed by atoms with Crippen LogP contribution in [-0.4, -0.2) is 88.2 Å². The van der Waals surface area contributed by atoms with Crippen molar-refractivity contribution in [2.45, 2.75) is 36.0 Å². The minimum Gasteiger partial charge on any atom is -0.508 e. The number of fused-ring (bicyclic) bond motifs is 1. The van der Waals surface area contributed by atoms with Crippen molar-refractivity contribution < 1.29 is 43.9 Å². The first-order valence-corrected chi connectivity index (χ1v) is 16.4. The molecule has 0 bridgehead atoms. The molecule has 1 aromatic carbocycles. The van der Waals surface area contributed by atoms with Crippen molar-refractivity contribution in [1.29, 1.82) is 0 Å². The van der Waals surface area contributed by atoms with Gasteiger partial charge >= 0.3 is 17.1 Å². The average Bonchev–Trinajstić information content (AvgIpc) is 3.44. The number of hydrogen-bond acceptors (Lipinski definition) is 15. The van der Waals surface area contributed by atoms with Crippen LogP contribution in [-0.2, 0) is 24.0 Å². The van der Waals surface area contributed by atoms with Gasteiger partial charge in [-0.1, -0.05) is 10.1 Å². The van der Waals surface area contributed by atoms with Crippen molar-refractivity contribution in [3.8, 4) is 11.4 Å². The Balaban J connectivity index is 1.36. The summed E-state index contributed by atoms with van der Waals surface area (Å²) < 4.78 is 1.59. The van der Waals surface area contributed by atoms with Gasteiger partial charge in [-0.15, -0.1) is 23.1 Å². The van der Waals surface area contributed by atoms with Gasteiger partial charge in [-0.25, -0.2) is 14.6 Å². The number of nitrogen functional groups attached to an aromatic ring is 3. The van der Waals surface area contributed by atoms with E-state index in [9.17, 15) is 34.5 Å². The molecule has 2 aliphatic rings. The first-order valence-electron chi connectivity index (χ1n) is 13.5. The SMILES string of the molecule is CC(C)(O/N=C(\C(=O)NC1C(=O)N2C(C(=O)O)=C(CSc3nc(N)cc(N)[n+]3-c3ccc(O)cc3)CS[C@@H]12)c1csc(N)n1)C(=O)O. The van der Waals surface area contributed by atoms with Gasteiger partial charge in [0.05, 0.1) is 6.07 Å². The number of aromatic hydroxyl groups is 1. The maximum absolute atomic E-state index is 13.3. The Labute approximate surface area is 278 Å². The molecule has 1 saturated heterocycles. The Morgan fingerprint density at radius 2 is 1.89 bits per heavy atom. The fraction of sp³-hybridized carbons (Fsp3) is 0.259. The van der Waals surface area contributed by atoms with Crippen LogP contribution in [0.4, 0.5) is 16.8 Å². The quantitative estimate of drug-likeness (QED) is 0.0355. The minimum absolute atomic E-state index is 0.00288. The van der Waals surface area contributed by atoms with E-state index in [4.69, 9.17) is 22.0 Å². The lowest BCUT2D eigenvalue weighted by molar-refractivity contribution is -0.626. The van der Waals surface area contributed by atoms with Crippen molar-refractivity contribution in [2.75, 3.05) is 28.7 Å². The Kier molecular flexibility index (Phi) is 9.18. The number of carbonyl (C=O) groups is 4. The van der Waals surface area contributed by atoms with Gasteiger partial charge in [-0.05, 0) is 55.4 Å². The predicted octanol–water partition coefficient (Wildman–Crippen LogP) is 0.382. The molecule has 246 valence electrons. The van der Waals surface area contributed by atoms with Crippen molar-refractivity contribution in [3.63, 3.8) is 0 Å². The number of anilines is 3. The molecule has 2 atom stereocenters. The number of carbonyl (C=O) groups excluding carboxylic acids is 2. The third-order valence-electron chi connectivity index (χ3n) is 6.85. The number of β-lactam (4-membered cyclic amide) rings is 1. The number of aliphatic carboxylic acids is 2. The monoisotopic (exact) mass is 702 g/mol. The Morgan fingerprint density at radius 3 is 2.51 bits per heavy atom. The van der Waals surface area contributed by atoms with E-state index >= 15 is 0 Å². The summed E-state index contributed by atoms with van der Waals surface area (Å²) in [5.41, 5.74) is 16.4. The normalized spacial score (nSPS) is 18.0. The van der Waals surface area contributed by atoms with E-state index in [1.165, 1.54) is 49.2 Å². The lowest BCUT2D eigenvalue weighted by Crippen LogP contribution is -2.71. The van der Waals surface area contributed by atoms with Crippen LogP contribution >= 0.6 is 34.9 Å². The number of thioether (sulfide) groups is 2. The lowest BCUT2D eigenvalue weighted by atomic mass is 10.0. The molecule has 17 nitrogen and oxygen atoms in total. The van der Waals surface area contributed by atoms with Crippen molar-refractivity contribution >= 4 is 81.1 Å². The number of rotatable bonds is 11. The zero-order valence-electron chi connectivity index (χ0n) is 24.6. The van der Waals surface area contributed by atoms with Gasteiger partial charge in [0.1, 0.15) is 34.2 Å². The highest BCUT2D eigenvalue weighted by atomic mass is 32.2. The van der Waals surface area contributed by atoms with Crippen LogP contribution in [0.1, 0.15) is 19.5 Å². The first-order chi connectivity index (χ1) is 22.2. The second-order valence-electron chi connectivity index (χ2n) is 10.6. The molecule has 2 amide bonds. The smallest absolute Gasteiger partial charge is 0.352 e. The van der Waals surface area contributed by atoms with E-state index in [1.54, 1.807) is 16.7 Å². The summed E-state index contributed by atoms with van der Waals surface area (Å²) in [6, 6.07) is 6.55. The number of amides is 2. The standard InChI is InChI=1S/C27H27N9O8S3/c1-27(2,24(42)43)44-34-17(14-10-46-25(30)31-14)20(38)33-18-21(39)36-19(23(40)41)11(8-45-22(18)36)9-47-26-32-15(28)7-16(29)35(26)12-3-5-13(37)6-4-12/h3-7,10,18,22H,8-9H2,1-2H3,(H9,28,29,30,31,33,37,38,40,41,42,43)/p+1/b34-17-/t18?,22-/m0/s1. The maximum Gasteiger partial charge on any atom is 0.352 e. The highest BCUT2D eigenvalue weighted by molar-refractivity contribution is 8.01. The summed E-state index contributed by atoms with van der Waals surface area (Å²) in [6.45, 7) is 2.46. The number of phenols is 1. The van der Waals surface area contributed by atoms with Crippen LogP contribution < -0.4 is 27.1 Å². The molecule has 4 heterocycles. The largest absolute Gasteiger partial charge is 0.508 e. The Morgan fingerprint density at radius 1 is 1.19 bits per heavy atom. The van der Waals surface area contributed by atoms with E-state index in [-0.39, 0.29) is 45.4 Å². The Hall–Kier alpha value is -5.08. The molecule has 10 N–H and O–H groups in total. The van der Waals surface area contributed by atoms with Gasteiger partial charge in [0, 0.05) is 16.9 Å². The van der Waals surface area contributed by atoms with Crippen molar-refractivity contribution in [1.82, 2.24) is 20.2 Å². The predicted molar refractivity (Wildman–Crippen MR) is 173 cm³/mol. The number of oxime groups is 1. The number of aromatic nitrogens is 3. The topological polar surface area (TPSA) is 274 Å². The molecule has 2 aliphatic heterocycles. The first kappa shape index (κ1) is 33.3. The molecular formula is C27H28N9O8S3+. The van der Waals surface area contributed by atoms with Gasteiger partial charge < -0.3 is 42.7 Å². The fourth-order valence-corrected chi connectivity index (χ4v) is 7.51. The van der Waals surface area contributed by atoms with E-state index < -0.39 is 46.5 Å². The van der Waals surface area contributed by atoms with Crippen LogP contribution in [0, 0.1) is 0 Å². The van der Waals surface area contributed by atoms with Crippen molar-refractivity contribution in [2.24, 2.45) is 5.16 Å². The molecule has 1 fully saturated rings. The number of benzene rings is 1. The van der Waals surface area contributed by atoms with Crippen LogP contribution in [0.5, 0.6) is 5.75 Å². The molecule has 47 heavy (non-hydrogen) atoms. The molecule has 0 saturated carbocycles. The highest BCUT2D eigenvalue weighted by Crippen LogP contribution is 2.41. The summed E-state index contributed by atoms with van der Waals surface area (Å²) in [6.07, 6.45) is 0. The number of nitrogens with two attached hydrogens (primary N) is 3. The maximum atomic E-state index is 13.3. The number of nitrogens with zero attached hydrogens (tertiary/aromatic N) is 5. The van der Waals surface area contributed by atoms with Crippen LogP contribution in [0.15, 0.2) is 57.3 Å². The molecule has 2 aromatic heterocycles. The summed E-state index contributed by atoms with van der Waals surface area (Å²) in [7, 11) is 0. The number of phenolic OH excluding ortho intramolecular Hbond substituents is 1. The third-order valence-corrected chi connectivity index (χ3v) is 9.89. The molecular weight excluding hydrogens is 675 g/mol. The number of nitrogens with one attached hydrogen (secondary N) is 1. The highest BCUT2D eigenvalue weighted by Gasteiger charge is 2.54. The zero-order chi connectivity index (χ0) is 34.2. The summed E-state index contributed by atoms with van der Waals surface area (Å²) in [5.74, 6) is -3.49. The molecule has 0 aliphatic carbocycles. The number of thiazole rings is 1. The van der Waals surface area contributed by atoms with Gasteiger partial charge in [0.15, 0.2) is 10.8 Å². The van der Waals surface area contributed by atoms with E-state index in [0.717, 1.165) is 28.0 Å². The number of carboxylic acid groups (broad SMARTS) is 2. The molecule has 0 radical (unpaired) electrons.